The summed E-state index contributed by atoms with van der Waals surface area (Å²) < 4.78 is 37.6. The van der Waals surface area contributed by atoms with Crippen LogP contribution in [0.4, 0.5) is 23.7 Å². The van der Waals surface area contributed by atoms with Gasteiger partial charge in [-0.05, 0) is 18.2 Å². The molecule has 0 unspecified atom stereocenters. The summed E-state index contributed by atoms with van der Waals surface area (Å²) in [5, 5.41) is 0. The Morgan fingerprint density at radius 2 is 2.00 bits per heavy atom. The third-order valence-electron chi connectivity index (χ3n) is 2.52. The van der Waals surface area contributed by atoms with Gasteiger partial charge in [-0.1, -0.05) is 6.07 Å². The summed E-state index contributed by atoms with van der Waals surface area (Å²) in [6.07, 6.45) is -1.47. The van der Waals surface area contributed by atoms with Gasteiger partial charge in [0.1, 0.15) is 6.67 Å². The molecule has 2 amide bonds. The van der Waals surface area contributed by atoms with Crippen LogP contribution in [0.1, 0.15) is 5.56 Å². The number of anilines is 1. The summed E-state index contributed by atoms with van der Waals surface area (Å²) in [4.78, 5) is 13.6. The Hall–Kier alpha value is -2.18. The fraction of sp³-hybridized carbons (Fsp3) is 0.182. The predicted octanol–water partition coefficient (Wildman–Crippen LogP) is 2.33. The van der Waals surface area contributed by atoms with E-state index in [4.69, 9.17) is 5.73 Å². The SMILES string of the molecule is NC(=O)N1C=CN(c2cccc(C(F)(F)F)c2)C1. The second kappa shape index (κ2) is 4.25. The minimum absolute atomic E-state index is 0.108. The maximum absolute atomic E-state index is 12.5. The number of nitrogens with two attached hydrogens (primary N) is 1. The second-order valence-electron chi connectivity index (χ2n) is 3.77. The summed E-state index contributed by atoms with van der Waals surface area (Å²) >= 11 is 0. The van der Waals surface area contributed by atoms with Gasteiger partial charge < -0.3 is 10.6 Å². The Kier molecular flexibility index (Phi) is 2.90. The Morgan fingerprint density at radius 1 is 1.28 bits per heavy atom. The van der Waals surface area contributed by atoms with Crippen LogP contribution in [0.2, 0.25) is 0 Å². The number of benzene rings is 1. The number of rotatable bonds is 1. The lowest BCUT2D eigenvalue weighted by molar-refractivity contribution is -0.137. The minimum Gasteiger partial charge on any atom is -0.351 e. The summed E-state index contributed by atoms with van der Waals surface area (Å²) in [7, 11) is 0. The molecule has 7 heteroatoms. The molecule has 0 saturated carbocycles. The molecule has 1 heterocycles. The van der Waals surface area contributed by atoms with E-state index in [0.717, 1.165) is 12.1 Å². The van der Waals surface area contributed by atoms with Gasteiger partial charge in [0.05, 0.1) is 5.56 Å². The lowest BCUT2D eigenvalue weighted by Gasteiger charge is -2.19. The van der Waals surface area contributed by atoms with E-state index in [9.17, 15) is 18.0 Å². The van der Waals surface area contributed by atoms with Crippen molar-refractivity contribution < 1.29 is 18.0 Å². The van der Waals surface area contributed by atoms with Gasteiger partial charge in [0.2, 0.25) is 0 Å². The molecule has 0 fully saturated rings. The highest BCUT2D eigenvalue weighted by Gasteiger charge is 2.31. The van der Waals surface area contributed by atoms with E-state index in [2.05, 4.69) is 0 Å². The maximum atomic E-state index is 12.5. The highest BCUT2D eigenvalue weighted by molar-refractivity contribution is 5.74. The molecular weight excluding hydrogens is 247 g/mol. The molecule has 0 radical (unpaired) electrons. The Labute approximate surface area is 101 Å². The average Bonchev–Trinajstić information content (AvgIpc) is 2.77. The van der Waals surface area contributed by atoms with E-state index in [-0.39, 0.29) is 6.67 Å². The van der Waals surface area contributed by atoms with Crippen molar-refractivity contribution in [1.82, 2.24) is 4.90 Å². The third-order valence-corrected chi connectivity index (χ3v) is 2.52. The molecule has 1 aliphatic heterocycles. The van der Waals surface area contributed by atoms with Crippen molar-refractivity contribution in [2.75, 3.05) is 11.6 Å². The van der Waals surface area contributed by atoms with Gasteiger partial charge in [-0.15, -0.1) is 0 Å². The molecule has 2 N–H and O–H groups in total. The summed E-state index contributed by atoms with van der Waals surface area (Å²) in [5.74, 6) is 0. The molecule has 1 aromatic rings. The monoisotopic (exact) mass is 257 g/mol. The number of halogens is 3. The number of primary amides is 1. The van der Waals surface area contributed by atoms with Gasteiger partial charge in [0, 0.05) is 18.1 Å². The molecule has 96 valence electrons. The number of carbonyl (C=O) groups excluding carboxylic acids is 1. The lowest BCUT2D eigenvalue weighted by Crippen LogP contribution is -2.34. The first-order chi connectivity index (χ1) is 8.38. The molecule has 0 spiro atoms. The van der Waals surface area contributed by atoms with Crippen molar-refractivity contribution in [1.29, 1.82) is 0 Å². The van der Waals surface area contributed by atoms with E-state index in [1.165, 1.54) is 34.3 Å². The first-order valence-corrected chi connectivity index (χ1v) is 5.06. The lowest BCUT2D eigenvalue weighted by atomic mass is 10.2. The topological polar surface area (TPSA) is 49.6 Å². The van der Waals surface area contributed by atoms with Gasteiger partial charge in [-0.3, -0.25) is 4.90 Å². The molecule has 0 saturated heterocycles. The molecule has 18 heavy (non-hydrogen) atoms. The average molecular weight is 257 g/mol. The molecule has 1 aliphatic rings. The normalized spacial score (nSPS) is 15.3. The Balaban J connectivity index is 2.21. The van der Waals surface area contributed by atoms with Crippen LogP contribution in [-0.2, 0) is 6.18 Å². The van der Waals surface area contributed by atoms with E-state index in [0.29, 0.717) is 5.69 Å². The highest BCUT2D eigenvalue weighted by Crippen LogP contribution is 2.32. The number of nitrogens with zero attached hydrogens (tertiary/aromatic N) is 2. The predicted molar refractivity (Wildman–Crippen MR) is 59.4 cm³/mol. The van der Waals surface area contributed by atoms with Crippen LogP contribution >= 0.6 is 0 Å². The van der Waals surface area contributed by atoms with Gasteiger partial charge in [0.25, 0.3) is 0 Å². The first kappa shape index (κ1) is 12.3. The zero-order valence-electron chi connectivity index (χ0n) is 9.19. The molecule has 4 nitrogen and oxygen atoms in total. The van der Waals surface area contributed by atoms with Crippen molar-refractivity contribution in [3.05, 3.63) is 42.2 Å². The maximum Gasteiger partial charge on any atom is 0.416 e. The Bertz CT molecular complexity index is 499. The zero-order chi connectivity index (χ0) is 13.3. The molecule has 2 rings (SSSR count). The van der Waals surface area contributed by atoms with Crippen LogP contribution in [0.25, 0.3) is 0 Å². The van der Waals surface area contributed by atoms with Gasteiger partial charge >= 0.3 is 12.2 Å². The number of hydrogen-bond donors (Lipinski definition) is 1. The smallest absolute Gasteiger partial charge is 0.351 e. The van der Waals surface area contributed by atoms with Gasteiger partial charge in [-0.25, -0.2) is 4.79 Å². The zero-order valence-corrected chi connectivity index (χ0v) is 9.19. The van der Waals surface area contributed by atoms with Crippen LogP contribution in [0.3, 0.4) is 0 Å². The van der Waals surface area contributed by atoms with Gasteiger partial charge in [-0.2, -0.15) is 13.2 Å². The summed E-state index contributed by atoms with van der Waals surface area (Å²) in [5.41, 5.74) is 4.69. The third kappa shape index (κ3) is 2.39. The van der Waals surface area contributed by atoms with E-state index >= 15 is 0 Å². The quantitative estimate of drug-likeness (QED) is 0.839. The largest absolute Gasteiger partial charge is 0.416 e. The molecule has 1 aromatic carbocycles. The van der Waals surface area contributed by atoms with Crippen molar-refractivity contribution in [3.8, 4) is 0 Å². The number of amides is 2. The van der Waals surface area contributed by atoms with Crippen molar-refractivity contribution in [2.45, 2.75) is 6.18 Å². The second-order valence-corrected chi connectivity index (χ2v) is 3.77. The number of hydrogen-bond acceptors (Lipinski definition) is 2. The van der Waals surface area contributed by atoms with Gasteiger partial charge in [0.15, 0.2) is 0 Å². The van der Waals surface area contributed by atoms with E-state index < -0.39 is 17.8 Å². The number of carbonyl (C=O) groups is 1. The van der Waals surface area contributed by atoms with Crippen LogP contribution in [0.5, 0.6) is 0 Å². The van der Waals surface area contributed by atoms with Crippen LogP contribution in [0, 0.1) is 0 Å². The van der Waals surface area contributed by atoms with Crippen LogP contribution in [-0.4, -0.2) is 17.6 Å². The minimum atomic E-state index is -4.39. The van der Waals surface area contributed by atoms with Crippen molar-refractivity contribution in [3.63, 3.8) is 0 Å². The summed E-state index contributed by atoms with van der Waals surface area (Å²) in [6.45, 7) is 0.108. The van der Waals surface area contributed by atoms with E-state index in [1.54, 1.807) is 0 Å². The van der Waals surface area contributed by atoms with Crippen LogP contribution in [0.15, 0.2) is 36.7 Å². The molecule has 0 atom stereocenters. The Morgan fingerprint density at radius 3 is 2.56 bits per heavy atom. The van der Waals surface area contributed by atoms with Crippen molar-refractivity contribution in [2.24, 2.45) is 5.73 Å². The molecular formula is C11H10F3N3O. The number of urea groups is 1. The fourth-order valence-corrected chi connectivity index (χ4v) is 1.59. The van der Waals surface area contributed by atoms with E-state index in [1.807, 2.05) is 0 Å². The molecule has 0 bridgehead atoms. The molecule has 0 aliphatic carbocycles. The number of alkyl halides is 3. The van der Waals surface area contributed by atoms with Crippen molar-refractivity contribution >= 4 is 11.7 Å². The molecule has 0 aromatic heterocycles. The highest BCUT2D eigenvalue weighted by atomic mass is 19.4. The first-order valence-electron chi connectivity index (χ1n) is 5.06. The fourth-order valence-electron chi connectivity index (χ4n) is 1.59. The standard InChI is InChI=1S/C11H10F3N3O/c12-11(13,14)8-2-1-3-9(6-8)16-4-5-17(7-16)10(15)18/h1-6H,7H2,(H2,15,18). The van der Waals surface area contributed by atoms with Crippen LogP contribution < -0.4 is 10.6 Å². The summed E-state index contributed by atoms with van der Waals surface area (Å²) in [6, 6.07) is 4.22.